The molecule has 0 fully saturated rings. The molecule has 3 aromatic rings. The fourth-order valence-corrected chi connectivity index (χ4v) is 2.67. The van der Waals surface area contributed by atoms with Gasteiger partial charge in [0.25, 0.3) is 0 Å². The lowest BCUT2D eigenvalue weighted by Gasteiger charge is -2.07. The summed E-state index contributed by atoms with van der Waals surface area (Å²) in [5.41, 5.74) is 1.54. The molecule has 2 heterocycles. The Morgan fingerprint density at radius 1 is 1.25 bits per heavy atom. The molecule has 0 saturated carbocycles. The first-order valence-corrected chi connectivity index (χ1v) is 6.99. The van der Waals surface area contributed by atoms with Crippen LogP contribution >= 0.6 is 27.5 Å². The second-order valence-electron chi connectivity index (χ2n) is 4.19. The van der Waals surface area contributed by atoms with Crippen LogP contribution in [0.3, 0.4) is 0 Å². The zero-order chi connectivity index (χ0) is 14.3. The summed E-state index contributed by atoms with van der Waals surface area (Å²) in [5, 5.41) is 8.77. The number of hydrogen-bond acceptors (Lipinski definition) is 4. The lowest BCUT2D eigenvalue weighted by Crippen LogP contribution is -1.98. The van der Waals surface area contributed by atoms with Crippen molar-refractivity contribution in [3.05, 3.63) is 39.7 Å². The van der Waals surface area contributed by atoms with Gasteiger partial charge in [0.15, 0.2) is 11.5 Å². The summed E-state index contributed by atoms with van der Waals surface area (Å²) in [4.78, 5) is 4.23. The fourth-order valence-electron chi connectivity index (χ4n) is 2.03. The van der Waals surface area contributed by atoms with E-state index < -0.39 is 0 Å². The molecule has 0 aliphatic heterocycles. The highest BCUT2D eigenvalue weighted by atomic mass is 79.9. The molecular weight excluding hydrogens is 344 g/mol. The number of halogens is 2. The van der Waals surface area contributed by atoms with Crippen LogP contribution < -0.4 is 4.74 Å². The maximum absolute atomic E-state index is 5.94. The van der Waals surface area contributed by atoms with Gasteiger partial charge in [0.05, 0.1) is 7.11 Å². The highest BCUT2D eigenvalue weighted by Crippen LogP contribution is 2.31. The highest BCUT2D eigenvalue weighted by molar-refractivity contribution is 9.10. The molecule has 0 aliphatic rings. The minimum Gasteiger partial charge on any atom is -0.497 e. The largest absolute Gasteiger partial charge is 0.497 e. The molecule has 0 atom stereocenters. The third kappa shape index (κ3) is 2.14. The zero-order valence-corrected chi connectivity index (χ0v) is 13.1. The molecule has 0 bridgehead atoms. The lowest BCUT2D eigenvalue weighted by molar-refractivity contribution is 0.415. The average Bonchev–Trinajstić information content (AvgIpc) is 2.83. The summed E-state index contributed by atoms with van der Waals surface area (Å²) in [6.45, 7) is 1.86. The Morgan fingerprint density at radius 2 is 2.05 bits per heavy atom. The summed E-state index contributed by atoms with van der Waals surface area (Å²) in [5.74, 6) is 2.16. The smallest absolute Gasteiger partial charge is 0.171 e. The number of aryl methyl sites for hydroxylation is 1. The lowest BCUT2D eigenvalue weighted by atomic mass is 10.2. The summed E-state index contributed by atoms with van der Waals surface area (Å²) in [6, 6.07) is 7.36. The van der Waals surface area contributed by atoms with Gasteiger partial charge in [-0.2, -0.15) is 0 Å². The van der Waals surface area contributed by atoms with Crippen LogP contribution in [0.5, 0.6) is 5.75 Å². The molecule has 0 unspecified atom stereocenters. The Hall–Kier alpha value is -1.66. The number of methoxy groups -OCH3 is 1. The van der Waals surface area contributed by atoms with Crippen molar-refractivity contribution >= 4 is 33.2 Å². The van der Waals surface area contributed by atoms with Gasteiger partial charge in [-0.05, 0) is 25.1 Å². The predicted molar refractivity (Wildman–Crippen MR) is 80.2 cm³/mol. The van der Waals surface area contributed by atoms with Crippen LogP contribution in [-0.4, -0.2) is 26.7 Å². The zero-order valence-electron chi connectivity index (χ0n) is 10.8. The van der Waals surface area contributed by atoms with Crippen molar-refractivity contribution in [2.24, 2.45) is 0 Å². The molecular formula is C13H10BrClN4O. The number of benzene rings is 1. The summed E-state index contributed by atoms with van der Waals surface area (Å²) < 4.78 is 8.01. The highest BCUT2D eigenvalue weighted by Gasteiger charge is 2.15. The van der Waals surface area contributed by atoms with E-state index in [9.17, 15) is 0 Å². The molecule has 0 saturated heterocycles. The van der Waals surface area contributed by atoms with E-state index in [1.807, 2.05) is 29.5 Å². The van der Waals surface area contributed by atoms with Gasteiger partial charge >= 0.3 is 0 Å². The number of aromatic nitrogens is 4. The standard InChI is InChI=1S/C13H10BrClN4O/c1-7-16-11(15)6-12-17-18-13(19(7)12)9-5-8(20-2)3-4-10(9)14/h3-6H,1-2H3. The van der Waals surface area contributed by atoms with Crippen LogP contribution in [0.25, 0.3) is 17.0 Å². The Bertz CT molecular complexity index is 802. The second-order valence-corrected chi connectivity index (χ2v) is 5.43. The Kier molecular flexibility index (Phi) is 3.35. The van der Waals surface area contributed by atoms with Gasteiger partial charge in [-0.15, -0.1) is 10.2 Å². The van der Waals surface area contributed by atoms with Gasteiger partial charge in [-0.3, -0.25) is 4.40 Å². The fraction of sp³-hybridized carbons (Fsp3) is 0.154. The first kappa shape index (κ1) is 13.3. The first-order chi connectivity index (χ1) is 9.60. The normalized spacial score (nSPS) is 11.0. The van der Waals surface area contributed by atoms with Crippen LogP contribution in [0.4, 0.5) is 0 Å². The van der Waals surface area contributed by atoms with Crippen molar-refractivity contribution in [1.82, 2.24) is 19.6 Å². The summed E-state index contributed by atoms with van der Waals surface area (Å²) in [6.07, 6.45) is 0. The van der Waals surface area contributed by atoms with Gasteiger partial charge in [0, 0.05) is 16.1 Å². The van der Waals surface area contributed by atoms with E-state index in [2.05, 4.69) is 31.1 Å². The quantitative estimate of drug-likeness (QED) is 0.661. The molecule has 0 radical (unpaired) electrons. The van der Waals surface area contributed by atoms with Crippen LogP contribution in [0.2, 0.25) is 5.15 Å². The molecule has 2 aromatic heterocycles. The minimum absolute atomic E-state index is 0.402. The van der Waals surface area contributed by atoms with Gasteiger partial charge < -0.3 is 4.74 Å². The van der Waals surface area contributed by atoms with Crippen molar-refractivity contribution in [2.75, 3.05) is 7.11 Å². The van der Waals surface area contributed by atoms with E-state index in [-0.39, 0.29) is 0 Å². The van der Waals surface area contributed by atoms with Gasteiger partial charge in [0.1, 0.15) is 16.7 Å². The third-order valence-electron chi connectivity index (χ3n) is 2.94. The number of ether oxygens (including phenoxy) is 1. The molecule has 7 heteroatoms. The Balaban J connectivity index is 2.30. The number of fused-ring (bicyclic) bond motifs is 1. The maximum atomic E-state index is 5.94. The molecule has 102 valence electrons. The molecule has 0 spiro atoms. The summed E-state index contributed by atoms with van der Waals surface area (Å²) in [7, 11) is 1.63. The maximum Gasteiger partial charge on any atom is 0.171 e. The van der Waals surface area contributed by atoms with Crippen molar-refractivity contribution in [1.29, 1.82) is 0 Å². The number of hydrogen-bond donors (Lipinski definition) is 0. The van der Waals surface area contributed by atoms with Gasteiger partial charge in [0.2, 0.25) is 0 Å². The van der Waals surface area contributed by atoms with Crippen molar-refractivity contribution in [2.45, 2.75) is 6.92 Å². The van der Waals surface area contributed by atoms with Gasteiger partial charge in [-0.1, -0.05) is 27.5 Å². The van der Waals surface area contributed by atoms with E-state index in [4.69, 9.17) is 16.3 Å². The molecule has 0 aliphatic carbocycles. The third-order valence-corrected chi connectivity index (χ3v) is 3.83. The monoisotopic (exact) mass is 352 g/mol. The Labute approximate surface area is 128 Å². The second kappa shape index (κ2) is 5.03. The topological polar surface area (TPSA) is 52.3 Å². The van der Waals surface area contributed by atoms with Crippen molar-refractivity contribution in [3.63, 3.8) is 0 Å². The first-order valence-electron chi connectivity index (χ1n) is 5.82. The van der Waals surface area contributed by atoms with E-state index in [0.29, 0.717) is 16.6 Å². The Morgan fingerprint density at radius 3 is 2.80 bits per heavy atom. The van der Waals surface area contributed by atoms with Crippen LogP contribution in [0.15, 0.2) is 28.7 Å². The van der Waals surface area contributed by atoms with Crippen LogP contribution in [0.1, 0.15) is 5.82 Å². The van der Waals surface area contributed by atoms with E-state index >= 15 is 0 Å². The predicted octanol–water partition coefficient (Wildman–Crippen LogP) is 3.52. The van der Waals surface area contributed by atoms with E-state index in [1.165, 1.54) is 0 Å². The average molecular weight is 354 g/mol. The SMILES string of the molecule is COc1ccc(Br)c(-c2nnc3cc(Cl)nc(C)n23)c1. The molecule has 0 amide bonds. The molecule has 20 heavy (non-hydrogen) atoms. The molecule has 3 rings (SSSR count). The van der Waals surface area contributed by atoms with Crippen LogP contribution in [0, 0.1) is 6.92 Å². The summed E-state index contributed by atoms with van der Waals surface area (Å²) >= 11 is 9.46. The number of rotatable bonds is 2. The van der Waals surface area contributed by atoms with Crippen molar-refractivity contribution < 1.29 is 4.74 Å². The minimum atomic E-state index is 0.402. The molecule has 0 N–H and O–H groups in total. The molecule has 5 nitrogen and oxygen atoms in total. The van der Waals surface area contributed by atoms with Crippen molar-refractivity contribution in [3.8, 4) is 17.1 Å². The van der Waals surface area contributed by atoms with Gasteiger partial charge in [-0.25, -0.2) is 4.98 Å². The van der Waals surface area contributed by atoms with Crippen LogP contribution in [-0.2, 0) is 0 Å². The molecule has 1 aromatic carbocycles. The van der Waals surface area contributed by atoms with E-state index in [0.717, 1.165) is 21.6 Å². The number of nitrogens with zero attached hydrogens (tertiary/aromatic N) is 4. The van der Waals surface area contributed by atoms with E-state index in [1.54, 1.807) is 13.2 Å².